The zero-order valence-electron chi connectivity index (χ0n) is 6.79. The molecule has 0 saturated carbocycles. The maximum atomic E-state index is 8.78. The highest BCUT2D eigenvalue weighted by atomic mass is 35.5. The summed E-state index contributed by atoms with van der Waals surface area (Å²) in [5.74, 6) is 0. The van der Waals surface area contributed by atoms with Crippen molar-refractivity contribution in [1.29, 1.82) is 0 Å². The van der Waals surface area contributed by atoms with E-state index >= 15 is 0 Å². The monoisotopic (exact) mass is 186 g/mol. The quantitative estimate of drug-likeness (QED) is 0.679. The average Bonchev–Trinajstić information content (AvgIpc) is 2.01. The van der Waals surface area contributed by atoms with Crippen LogP contribution in [0, 0.1) is 6.92 Å². The zero-order chi connectivity index (χ0) is 9.14. The molecule has 0 fully saturated rings. The van der Waals surface area contributed by atoms with Crippen LogP contribution in [0.15, 0.2) is 12.1 Å². The van der Waals surface area contributed by atoms with E-state index in [-0.39, 0.29) is 12.6 Å². The fraction of sp³-hybridized carbons (Fsp3) is 0.375. The molecular formula is C8H11ClN2O. The number of aromatic nitrogens is 1. The first kappa shape index (κ1) is 9.45. The fourth-order valence-electron chi connectivity index (χ4n) is 0.973. The Kier molecular flexibility index (Phi) is 3.03. The lowest BCUT2D eigenvalue weighted by atomic mass is 10.1. The number of aliphatic hydroxyl groups is 1. The van der Waals surface area contributed by atoms with E-state index in [4.69, 9.17) is 22.4 Å². The van der Waals surface area contributed by atoms with E-state index in [1.165, 1.54) is 0 Å². The predicted molar refractivity (Wildman–Crippen MR) is 48.0 cm³/mol. The Bertz CT molecular complexity index is 258. The van der Waals surface area contributed by atoms with Crippen molar-refractivity contribution < 1.29 is 5.11 Å². The van der Waals surface area contributed by atoms with E-state index in [9.17, 15) is 0 Å². The number of nitrogens with two attached hydrogens (primary N) is 1. The van der Waals surface area contributed by atoms with Gasteiger partial charge >= 0.3 is 0 Å². The van der Waals surface area contributed by atoms with Gasteiger partial charge in [-0.3, -0.25) is 0 Å². The van der Waals surface area contributed by atoms with E-state index in [0.717, 1.165) is 11.3 Å². The minimum atomic E-state index is -0.371. The molecule has 12 heavy (non-hydrogen) atoms. The summed E-state index contributed by atoms with van der Waals surface area (Å²) >= 11 is 5.70. The highest BCUT2D eigenvalue weighted by Gasteiger charge is 2.05. The standard InChI is InChI=1S/C8H11ClN2O/c1-5-2-6(7(10)4-12)3-8(9)11-5/h2-3,7,12H,4,10H2,1H3/t7-/m1/s1. The van der Waals surface area contributed by atoms with Crippen LogP contribution in [-0.4, -0.2) is 16.7 Å². The smallest absolute Gasteiger partial charge is 0.129 e. The van der Waals surface area contributed by atoms with E-state index in [0.29, 0.717) is 5.15 Å². The minimum absolute atomic E-state index is 0.0835. The number of hydrogen-bond donors (Lipinski definition) is 2. The van der Waals surface area contributed by atoms with Crippen molar-refractivity contribution in [3.63, 3.8) is 0 Å². The number of hydrogen-bond acceptors (Lipinski definition) is 3. The van der Waals surface area contributed by atoms with Crippen molar-refractivity contribution in [3.8, 4) is 0 Å². The number of aliphatic hydroxyl groups excluding tert-OH is 1. The second-order valence-electron chi connectivity index (χ2n) is 2.65. The summed E-state index contributed by atoms with van der Waals surface area (Å²) in [7, 11) is 0. The molecular weight excluding hydrogens is 176 g/mol. The van der Waals surface area contributed by atoms with Gasteiger partial charge in [0.25, 0.3) is 0 Å². The number of rotatable bonds is 2. The highest BCUT2D eigenvalue weighted by molar-refractivity contribution is 6.29. The Morgan fingerprint density at radius 3 is 2.83 bits per heavy atom. The second kappa shape index (κ2) is 3.85. The van der Waals surface area contributed by atoms with E-state index in [1.807, 2.05) is 13.0 Å². The molecule has 0 unspecified atom stereocenters. The molecule has 1 rings (SSSR count). The number of pyridine rings is 1. The molecule has 1 heterocycles. The SMILES string of the molecule is Cc1cc([C@H](N)CO)cc(Cl)n1. The normalized spacial score (nSPS) is 13.0. The molecule has 3 N–H and O–H groups in total. The maximum absolute atomic E-state index is 8.78. The number of nitrogens with zero attached hydrogens (tertiary/aromatic N) is 1. The summed E-state index contributed by atoms with van der Waals surface area (Å²) in [6.07, 6.45) is 0. The van der Waals surface area contributed by atoms with Crippen molar-refractivity contribution in [2.24, 2.45) is 5.73 Å². The number of aryl methyl sites for hydroxylation is 1. The third-order valence-electron chi connectivity index (χ3n) is 1.57. The Hall–Kier alpha value is -0.640. The molecule has 0 aromatic carbocycles. The van der Waals surface area contributed by atoms with Crippen molar-refractivity contribution in [2.45, 2.75) is 13.0 Å². The Morgan fingerprint density at radius 2 is 2.33 bits per heavy atom. The van der Waals surface area contributed by atoms with Crippen molar-refractivity contribution >= 4 is 11.6 Å². The summed E-state index contributed by atoms with van der Waals surface area (Å²) < 4.78 is 0. The lowest BCUT2D eigenvalue weighted by Gasteiger charge is -2.08. The first-order valence-electron chi connectivity index (χ1n) is 3.64. The van der Waals surface area contributed by atoms with Gasteiger partial charge in [-0.05, 0) is 24.6 Å². The fourth-order valence-corrected chi connectivity index (χ4v) is 1.23. The summed E-state index contributed by atoms with van der Waals surface area (Å²) in [4.78, 5) is 3.98. The van der Waals surface area contributed by atoms with Crippen LogP contribution in [0.1, 0.15) is 17.3 Å². The van der Waals surface area contributed by atoms with E-state index < -0.39 is 0 Å². The first-order chi connectivity index (χ1) is 5.63. The topological polar surface area (TPSA) is 59.1 Å². The Morgan fingerprint density at radius 1 is 1.67 bits per heavy atom. The van der Waals surface area contributed by atoms with Crippen LogP contribution in [0.25, 0.3) is 0 Å². The molecule has 0 radical (unpaired) electrons. The second-order valence-corrected chi connectivity index (χ2v) is 3.04. The van der Waals surface area contributed by atoms with Crippen LogP contribution < -0.4 is 5.73 Å². The molecule has 0 bridgehead atoms. The van der Waals surface area contributed by atoms with Crippen LogP contribution in [0.3, 0.4) is 0 Å². The molecule has 0 saturated heterocycles. The van der Waals surface area contributed by atoms with Crippen LogP contribution in [0.4, 0.5) is 0 Å². The lowest BCUT2D eigenvalue weighted by molar-refractivity contribution is 0.268. The summed E-state index contributed by atoms with van der Waals surface area (Å²) in [5, 5.41) is 9.19. The van der Waals surface area contributed by atoms with Gasteiger partial charge in [-0.2, -0.15) is 0 Å². The summed E-state index contributed by atoms with van der Waals surface area (Å²) in [5.41, 5.74) is 7.22. The van der Waals surface area contributed by atoms with Crippen molar-refractivity contribution in [1.82, 2.24) is 4.98 Å². The van der Waals surface area contributed by atoms with Gasteiger partial charge in [0.1, 0.15) is 5.15 Å². The van der Waals surface area contributed by atoms with Gasteiger partial charge in [0.2, 0.25) is 0 Å². The van der Waals surface area contributed by atoms with Gasteiger partial charge in [-0.1, -0.05) is 11.6 Å². The van der Waals surface area contributed by atoms with Gasteiger partial charge in [0, 0.05) is 5.69 Å². The van der Waals surface area contributed by atoms with Gasteiger partial charge < -0.3 is 10.8 Å². The van der Waals surface area contributed by atoms with Crippen LogP contribution in [-0.2, 0) is 0 Å². The summed E-state index contributed by atoms with van der Waals surface area (Å²) in [6, 6.07) is 3.10. The molecule has 1 aromatic rings. The largest absolute Gasteiger partial charge is 0.394 e. The van der Waals surface area contributed by atoms with Gasteiger partial charge in [-0.25, -0.2) is 4.98 Å². The minimum Gasteiger partial charge on any atom is -0.394 e. The van der Waals surface area contributed by atoms with Crippen LogP contribution in [0.2, 0.25) is 5.15 Å². The molecule has 0 aliphatic rings. The maximum Gasteiger partial charge on any atom is 0.129 e. The van der Waals surface area contributed by atoms with E-state index in [1.54, 1.807) is 6.07 Å². The molecule has 4 heteroatoms. The van der Waals surface area contributed by atoms with Crippen LogP contribution >= 0.6 is 11.6 Å². The molecule has 0 amide bonds. The van der Waals surface area contributed by atoms with E-state index in [2.05, 4.69) is 4.98 Å². The molecule has 1 aromatic heterocycles. The van der Waals surface area contributed by atoms with Crippen molar-refractivity contribution in [2.75, 3.05) is 6.61 Å². The molecule has 1 atom stereocenters. The van der Waals surface area contributed by atoms with Crippen LogP contribution in [0.5, 0.6) is 0 Å². The Balaban J connectivity index is 3.00. The first-order valence-corrected chi connectivity index (χ1v) is 4.02. The van der Waals surface area contributed by atoms with Gasteiger partial charge in [0.15, 0.2) is 0 Å². The summed E-state index contributed by atoms with van der Waals surface area (Å²) in [6.45, 7) is 1.75. The molecule has 0 aliphatic carbocycles. The Labute approximate surface area is 76.2 Å². The molecule has 0 spiro atoms. The zero-order valence-corrected chi connectivity index (χ0v) is 7.54. The molecule has 3 nitrogen and oxygen atoms in total. The average molecular weight is 187 g/mol. The number of halogens is 1. The molecule has 66 valence electrons. The molecule has 0 aliphatic heterocycles. The lowest BCUT2D eigenvalue weighted by Crippen LogP contribution is -2.14. The third kappa shape index (κ3) is 2.17. The van der Waals surface area contributed by atoms with Gasteiger partial charge in [-0.15, -0.1) is 0 Å². The predicted octanol–water partition coefficient (Wildman–Crippen LogP) is 1.04. The third-order valence-corrected chi connectivity index (χ3v) is 1.76. The van der Waals surface area contributed by atoms with Crippen molar-refractivity contribution in [3.05, 3.63) is 28.5 Å². The highest BCUT2D eigenvalue weighted by Crippen LogP contribution is 2.15. The van der Waals surface area contributed by atoms with Gasteiger partial charge in [0.05, 0.1) is 12.6 Å².